The van der Waals surface area contributed by atoms with E-state index in [1.54, 1.807) is 14.2 Å². The predicted octanol–water partition coefficient (Wildman–Crippen LogP) is 3.34. The summed E-state index contributed by atoms with van der Waals surface area (Å²) in [7, 11) is 3.31. The van der Waals surface area contributed by atoms with E-state index in [1.807, 2.05) is 19.1 Å². The van der Waals surface area contributed by atoms with Crippen LogP contribution in [0.2, 0.25) is 0 Å². The fraction of sp³-hybridized carbons (Fsp3) is 0.720. The molecule has 0 spiro atoms. The second-order valence-electron chi connectivity index (χ2n) is 9.63. The van der Waals surface area contributed by atoms with Gasteiger partial charge in [0.15, 0.2) is 11.5 Å². The van der Waals surface area contributed by atoms with Crippen LogP contribution in [-0.4, -0.2) is 57.1 Å². The van der Waals surface area contributed by atoms with E-state index >= 15 is 0 Å². The number of nitrogens with two attached hydrogens (primary N) is 1. The lowest BCUT2D eigenvalue weighted by Gasteiger charge is -2.28. The number of hydrogen-bond donors (Lipinski definition) is 3. The van der Waals surface area contributed by atoms with Crippen molar-refractivity contribution >= 4 is 18.3 Å². The molecule has 0 bridgehead atoms. The first-order chi connectivity index (χ1) is 15.2. The molecule has 0 saturated heterocycles. The van der Waals surface area contributed by atoms with Crippen LogP contribution in [0.3, 0.4) is 0 Å². The summed E-state index contributed by atoms with van der Waals surface area (Å²) in [5.41, 5.74) is 7.23. The largest absolute Gasteiger partial charge is 0.493 e. The van der Waals surface area contributed by atoms with Crippen LogP contribution in [0, 0.1) is 17.3 Å². The molecule has 1 amide bonds. The maximum atomic E-state index is 12.1. The van der Waals surface area contributed by atoms with Gasteiger partial charge in [0.25, 0.3) is 0 Å². The molecule has 0 aliphatic heterocycles. The molecule has 3 atom stereocenters. The minimum absolute atomic E-state index is 0. The molecule has 190 valence electrons. The molecule has 1 saturated carbocycles. The van der Waals surface area contributed by atoms with E-state index < -0.39 is 12.1 Å². The molecular weight excluding hydrogens is 444 g/mol. The van der Waals surface area contributed by atoms with Crippen LogP contribution >= 0.6 is 12.4 Å². The lowest BCUT2D eigenvalue weighted by atomic mass is 9.83. The number of amides is 1. The normalized spacial score (nSPS) is 17.0. The lowest BCUT2D eigenvalue weighted by molar-refractivity contribution is -0.126. The summed E-state index contributed by atoms with van der Waals surface area (Å²) in [6.45, 7) is 7.70. The van der Waals surface area contributed by atoms with E-state index in [1.165, 1.54) is 0 Å². The van der Waals surface area contributed by atoms with Gasteiger partial charge in [-0.15, -0.1) is 12.4 Å². The number of benzene rings is 1. The molecule has 1 aliphatic rings. The van der Waals surface area contributed by atoms with Crippen molar-refractivity contribution in [3.8, 4) is 11.5 Å². The van der Waals surface area contributed by atoms with Gasteiger partial charge in [-0.2, -0.15) is 0 Å². The second-order valence-corrected chi connectivity index (χ2v) is 9.63. The SMILES string of the molecule is COCCCOc1cc(C[C@@H](C[C@H](N)[C@@H](O)CNC(=O)C2(C)CC2)C(C)C)ccc1OC.Cl. The third-order valence-corrected chi connectivity index (χ3v) is 6.51. The Labute approximate surface area is 205 Å². The number of aliphatic hydroxyl groups is 1. The van der Waals surface area contributed by atoms with E-state index in [0.29, 0.717) is 31.3 Å². The summed E-state index contributed by atoms with van der Waals surface area (Å²) in [5.74, 6) is 2.12. The second kappa shape index (κ2) is 14.0. The van der Waals surface area contributed by atoms with Crippen LogP contribution in [0.1, 0.15) is 52.0 Å². The van der Waals surface area contributed by atoms with Crippen molar-refractivity contribution in [3.05, 3.63) is 23.8 Å². The smallest absolute Gasteiger partial charge is 0.226 e. The standard InChI is InChI=1S/C25H42N2O5.ClH/c1-17(2)19(15-20(26)21(28)16-27-24(29)25(3)9-10-25)13-18-7-8-22(31-5)23(14-18)32-12-6-11-30-4;/h7-8,14,17,19-21,28H,6,9-13,15-16,26H2,1-5H3,(H,27,29);1H/t19-,20-,21-;/m0./s1. The van der Waals surface area contributed by atoms with Crippen molar-refractivity contribution in [1.82, 2.24) is 5.32 Å². The van der Waals surface area contributed by atoms with Gasteiger partial charge >= 0.3 is 0 Å². The summed E-state index contributed by atoms with van der Waals surface area (Å²) in [4.78, 5) is 12.1. The molecule has 0 radical (unpaired) electrons. The highest BCUT2D eigenvalue weighted by atomic mass is 35.5. The number of aliphatic hydroxyl groups excluding tert-OH is 1. The molecule has 0 unspecified atom stereocenters. The molecule has 2 rings (SSSR count). The molecule has 7 nitrogen and oxygen atoms in total. The Morgan fingerprint density at radius 1 is 1.21 bits per heavy atom. The van der Waals surface area contributed by atoms with Crippen molar-refractivity contribution in [2.75, 3.05) is 34.0 Å². The van der Waals surface area contributed by atoms with Gasteiger partial charge in [-0.3, -0.25) is 4.79 Å². The average Bonchev–Trinajstić information content (AvgIpc) is 3.52. The Morgan fingerprint density at radius 2 is 1.91 bits per heavy atom. The number of hydrogen-bond acceptors (Lipinski definition) is 6. The number of carbonyl (C=O) groups excluding carboxylic acids is 1. The van der Waals surface area contributed by atoms with E-state index in [2.05, 4.69) is 25.2 Å². The fourth-order valence-corrected chi connectivity index (χ4v) is 3.72. The number of nitrogens with one attached hydrogen (secondary N) is 1. The third-order valence-electron chi connectivity index (χ3n) is 6.51. The van der Waals surface area contributed by atoms with Crippen LogP contribution in [0.25, 0.3) is 0 Å². The Hall–Kier alpha value is -1.54. The number of carbonyl (C=O) groups is 1. The van der Waals surface area contributed by atoms with Gasteiger partial charge in [0, 0.05) is 38.1 Å². The van der Waals surface area contributed by atoms with E-state index in [4.69, 9.17) is 19.9 Å². The van der Waals surface area contributed by atoms with Crippen molar-refractivity contribution in [3.63, 3.8) is 0 Å². The zero-order valence-corrected chi connectivity index (χ0v) is 21.6. The zero-order chi connectivity index (χ0) is 23.7. The summed E-state index contributed by atoms with van der Waals surface area (Å²) in [5, 5.41) is 13.4. The van der Waals surface area contributed by atoms with Gasteiger partial charge in [-0.1, -0.05) is 26.8 Å². The highest BCUT2D eigenvalue weighted by Gasteiger charge is 2.44. The van der Waals surface area contributed by atoms with Gasteiger partial charge in [-0.25, -0.2) is 0 Å². The molecule has 4 N–H and O–H groups in total. The first kappa shape index (κ1) is 29.5. The topological polar surface area (TPSA) is 103 Å². The average molecular weight is 487 g/mol. The van der Waals surface area contributed by atoms with Gasteiger partial charge in [0.1, 0.15) is 0 Å². The molecular formula is C25H43ClN2O5. The first-order valence-electron chi connectivity index (χ1n) is 11.7. The molecule has 1 aliphatic carbocycles. The van der Waals surface area contributed by atoms with Gasteiger partial charge in [0.05, 0.1) is 19.8 Å². The van der Waals surface area contributed by atoms with Crippen LogP contribution in [-0.2, 0) is 16.0 Å². The quantitative estimate of drug-likeness (QED) is 0.328. The molecule has 0 aromatic heterocycles. The van der Waals surface area contributed by atoms with Crippen molar-refractivity contribution in [1.29, 1.82) is 0 Å². The van der Waals surface area contributed by atoms with Gasteiger partial charge in [0.2, 0.25) is 5.91 Å². The molecule has 1 fully saturated rings. The summed E-state index contributed by atoms with van der Waals surface area (Å²) < 4.78 is 16.4. The van der Waals surface area contributed by atoms with Crippen molar-refractivity contribution in [2.45, 2.75) is 65.0 Å². The molecule has 8 heteroatoms. The lowest BCUT2D eigenvalue weighted by Crippen LogP contribution is -2.46. The van der Waals surface area contributed by atoms with Gasteiger partial charge < -0.3 is 30.4 Å². The van der Waals surface area contributed by atoms with Gasteiger partial charge in [-0.05, 0) is 55.2 Å². The monoisotopic (exact) mass is 486 g/mol. The maximum Gasteiger partial charge on any atom is 0.226 e. The Bertz CT molecular complexity index is 727. The molecule has 0 heterocycles. The van der Waals surface area contributed by atoms with Crippen molar-refractivity contribution in [2.24, 2.45) is 23.0 Å². The number of ether oxygens (including phenoxy) is 3. The van der Waals surface area contributed by atoms with Crippen molar-refractivity contribution < 1.29 is 24.1 Å². The highest BCUT2D eigenvalue weighted by molar-refractivity contribution is 5.85. The maximum absolute atomic E-state index is 12.1. The Morgan fingerprint density at radius 3 is 2.48 bits per heavy atom. The minimum Gasteiger partial charge on any atom is -0.493 e. The van der Waals surface area contributed by atoms with E-state index in [0.717, 1.165) is 37.0 Å². The number of methoxy groups -OCH3 is 2. The molecule has 1 aromatic carbocycles. The van der Waals surface area contributed by atoms with E-state index in [9.17, 15) is 9.90 Å². The molecule has 1 aromatic rings. The van der Waals surface area contributed by atoms with Crippen LogP contribution in [0.15, 0.2) is 18.2 Å². The zero-order valence-electron chi connectivity index (χ0n) is 20.8. The van der Waals surface area contributed by atoms with Crippen LogP contribution in [0.4, 0.5) is 0 Å². The summed E-state index contributed by atoms with van der Waals surface area (Å²) in [6.07, 6.45) is 3.36. The summed E-state index contributed by atoms with van der Waals surface area (Å²) in [6, 6.07) is 5.60. The minimum atomic E-state index is -0.766. The predicted molar refractivity (Wildman–Crippen MR) is 133 cm³/mol. The molecule has 33 heavy (non-hydrogen) atoms. The summed E-state index contributed by atoms with van der Waals surface area (Å²) >= 11 is 0. The van der Waals surface area contributed by atoms with E-state index in [-0.39, 0.29) is 36.2 Å². The third kappa shape index (κ3) is 9.32. The number of halogens is 1. The Balaban J connectivity index is 0.00000544. The van der Waals surface area contributed by atoms with Crippen LogP contribution in [0.5, 0.6) is 11.5 Å². The number of rotatable bonds is 15. The Kier molecular flexibility index (Phi) is 12.5. The first-order valence-corrected chi connectivity index (χ1v) is 11.7. The highest BCUT2D eigenvalue weighted by Crippen LogP contribution is 2.45. The fourth-order valence-electron chi connectivity index (χ4n) is 3.72. The van der Waals surface area contributed by atoms with Crippen LogP contribution < -0.4 is 20.5 Å².